The summed E-state index contributed by atoms with van der Waals surface area (Å²) in [6.07, 6.45) is 2.90. The van der Waals surface area contributed by atoms with E-state index >= 15 is 0 Å². The van der Waals surface area contributed by atoms with Gasteiger partial charge in [0.2, 0.25) is 5.91 Å². The quantitative estimate of drug-likeness (QED) is 0.451. The predicted molar refractivity (Wildman–Crippen MR) is 113 cm³/mol. The fourth-order valence-corrected chi connectivity index (χ4v) is 3.58. The molecule has 0 aliphatic rings. The summed E-state index contributed by atoms with van der Waals surface area (Å²) in [7, 11) is 0. The zero-order valence-corrected chi connectivity index (χ0v) is 17.5. The molecule has 0 aliphatic carbocycles. The maximum atomic E-state index is 12.0. The van der Waals surface area contributed by atoms with Crippen molar-refractivity contribution in [2.24, 2.45) is 0 Å². The third kappa shape index (κ3) is 5.75. The molecule has 0 aliphatic heterocycles. The number of hydrogen-bond donors (Lipinski definition) is 1. The van der Waals surface area contributed by atoms with Crippen LogP contribution >= 0.6 is 22.9 Å². The van der Waals surface area contributed by atoms with Gasteiger partial charge in [0.25, 0.3) is 0 Å². The van der Waals surface area contributed by atoms with Crippen molar-refractivity contribution in [3.63, 3.8) is 0 Å². The number of ether oxygens (including phenoxy) is 1. The van der Waals surface area contributed by atoms with Gasteiger partial charge < -0.3 is 10.1 Å². The number of amides is 1. The van der Waals surface area contributed by atoms with Gasteiger partial charge in [-0.3, -0.25) is 4.79 Å². The Morgan fingerprint density at radius 2 is 2.07 bits per heavy atom. The Kier molecular flexibility index (Phi) is 6.79. The van der Waals surface area contributed by atoms with Gasteiger partial charge in [0.1, 0.15) is 11.8 Å². The summed E-state index contributed by atoms with van der Waals surface area (Å²) in [5.41, 5.74) is 3.02. The molecule has 9 heteroatoms. The average Bonchev–Trinajstić information content (AvgIpc) is 3.23. The molecule has 0 unspecified atom stereocenters. The minimum atomic E-state index is -0.523. The number of nitrogens with zero attached hydrogens (tertiary/aromatic N) is 3. The number of halogens is 1. The van der Waals surface area contributed by atoms with Crippen molar-refractivity contribution in [2.45, 2.75) is 27.0 Å². The molecule has 2 aromatic heterocycles. The fraction of sp³-hybridized carbons (Fsp3) is 0.200. The maximum absolute atomic E-state index is 12.0. The van der Waals surface area contributed by atoms with E-state index in [1.807, 2.05) is 37.3 Å². The fourth-order valence-electron chi connectivity index (χ4n) is 2.54. The third-order valence-corrected chi connectivity index (χ3v) is 5.07. The van der Waals surface area contributed by atoms with Crippen LogP contribution in [0.2, 0.25) is 5.15 Å². The van der Waals surface area contributed by atoms with E-state index in [-0.39, 0.29) is 12.5 Å². The zero-order chi connectivity index (χ0) is 20.8. The first kappa shape index (κ1) is 20.8. The number of carbonyl (C=O) groups excluding carboxylic acids is 2. The second-order valence-electron chi connectivity index (χ2n) is 6.20. The molecule has 0 fully saturated rings. The summed E-state index contributed by atoms with van der Waals surface area (Å²) in [4.78, 5) is 27.2. The first-order valence-electron chi connectivity index (χ1n) is 8.76. The molecule has 0 spiro atoms. The number of esters is 1. The highest BCUT2D eigenvalue weighted by atomic mass is 35.5. The third-order valence-electron chi connectivity index (χ3n) is 3.87. The highest BCUT2D eigenvalue weighted by molar-refractivity contribution is 7.13. The standard InChI is InChI=1S/C20H19ClN4O3S/c1-13-17(19(21)25(24-13)10-15-6-4-3-5-7-15)8-9-18(27)28-11-16-12-29-20(23-16)22-14(2)26/h3-9,12H,10-11H2,1-2H3,(H,22,23,26)/b9-8+. The Morgan fingerprint density at radius 3 is 2.79 bits per heavy atom. The van der Waals surface area contributed by atoms with Crippen LogP contribution < -0.4 is 5.32 Å². The van der Waals surface area contributed by atoms with Crippen molar-refractivity contribution in [1.82, 2.24) is 14.8 Å². The molecule has 1 N–H and O–H groups in total. The Bertz CT molecular complexity index is 1040. The van der Waals surface area contributed by atoms with E-state index < -0.39 is 5.97 Å². The topological polar surface area (TPSA) is 86.1 Å². The molecule has 3 rings (SSSR count). The highest BCUT2D eigenvalue weighted by Gasteiger charge is 2.12. The Hall–Kier alpha value is -2.97. The maximum Gasteiger partial charge on any atom is 0.331 e. The predicted octanol–water partition coefficient (Wildman–Crippen LogP) is 4.06. The largest absolute Gasteiger partial charge is 0.456 e. The Labute approximate surface area is 177 Å². The van der Waals surface area contributed by atoms with Crippen molar-refractivity contribution in [1.29, 1.82) is 0 Å². The van der Waals surface area contributed by atoms with Gasteiger partial charge in [0.05, 0.1) is 17.9 Å². The van der Waals surface area contributed by atoms with Crippen LogP contribution in [0.3, 0.4) is 0 Å². The molecule has 150 valence electrons. The molecule has 7 nitrogen and oxygen atoms in total. The summed E-state index contributed by atoms with van der Waals surface area (Å²) in [5.74, 6) is -0.726. The van der Waals surface area contributed by atoms with Crippen LogP contribution in [0.15, 0.2) is 41.8 Å². The minimum absolute atomic E-state index is 0.0131. The van der Waals surface area contributed by atoms with Gasteiger partial charge in [-0.25, -0.2) is 14.5 Å². The van der Waals surface area contributed by atoms with Gasteiger partial charge in [-0.05, 0) is 18.6 Å². The van der Waals surface area contributed by atoms with Gasteiger partial charge in [0.15, 0.2) is 5.13 Å². The van der Waals surface area contributed by atoms with Gasteiger partial charge in [-0.2, -0.15) is 5.10 Å². The highest BCUT2D eigenvalue weighted by Crippen LogP contribution is 2.22. The van der Waals surface area contributed by atoms with Crippen LogP contribution in [-0.4, -0.2) is 26.6 Å². The number of benzene rings is 1. The smallest absolute Gasteiger partial charge is 0.331 e. The normalized spacial score (nSPS) is 11.0. The van der Waals surface area contributed by atoms with Crippen molar-refractivity contribution >= 4 is 46.0 Å². The van der Waals surface area contributed by atoms with Crippen molar-refractivity contribution in [2.75, 3.05) is 5.32 Å². The van der Waals surface area contributed by atoms with E-state index in [9.17, 15) is 9.59 Å². The van der Waals surface area contributed by atoms with Crippen molar-refractivity contribution < 1.29 is 14.3 Å². The van der Waals surface area contributed by atoms with Gasteiger partial charge >= 0.3 is 5.97 Å². The number of rotatable bonds is 7. The summed E-state index contributed by atoms with van der Waals surface area (Å²) < 4.78 is 6.88. The van der Waals surface area contributed by atoms with Gasteiger partial charge in [0, 0.05) is 23.9 Å². The van der Waals surface area contributed by atoms with Gasteiger partial charge in [-0.15, -0.1) is 11.3 Å². The van der Waals surface area contributed by atoms with Crippen LogP contribution in [0.4, 0.5) is 5.13 Å². The number of carbonyl (C=O) groups is 2. The van der Waals surface area contributed by atoms with E-state index in [0.29, 0.717) is 28.1 Å². The SMILES string of the molecule is CC(=O)Nc1nc(COC(=O)/C=C/c2c(C)nn(Cc3ccccc3)c2Cl)cs1. The number of aryl methyl sites for hydroxylation is 1. The molecule has 0 bridgehead atoms. The monoisotopic (exact) mass is 430 g/mol. The minimum Gasteiger partial charge on any atom is -0.456 e. The molecule has 0 saturated heterocycles. The van der Waals surface area contributed by atoms with Crippen LogP contribution in [0.1, 0.15) is 29.4 Å². The lowest BCUT2D eigenvalue weighted by Gasteiger charge is -2.03. The Balaban J connectivity index is 1.59. The van der Waals surface area contributed by atoms with Crippen molar-refractivity contribution in [3.05, 3.63) is 69.5 Å². The molecule has 0 radical (unpaired) electrons. The number of anilines is 1. The summed E-state index contributed by atoms with van der Waals surface area (Å²) >= 11 is 7.70. The van der Waals surface area contributed by atoms with Crippen LogP contribution in [0, 0.1) is 6.92 Å². The van der Waals surface area contributed by atoms with Gasteiger partial charge in [-0.1, -0.05) is 41.9 Å². The number of thiazole rings is 1. The summed E-state index contributed by atoms with van der Waals surface area (Å²) in [6.45, 7) is 3.79. The number of nitrogens with one attached hydrogen (secondary N) is 1. The molecule has 0 saturated carbocycles. The van der Waals surface area contributed by atoms with E-state index in [4.69, 9.17) is 16.3 Å². The number of hydrogen-bond acceptors (Lipinski definition) is 6. The summed E-state index contributed by atoms with van der Waals surface area (Å²) in [5, 5.41) is 9.66. The second-order valence-corrected chi connectivity index (χ2v) is 7.42. The second kappa shape index (κ2) is 9.49. The Morgan fingerprint density at radius 1 is 1.31 bits per heavy atom. The van der Waals surface area contributed by atoms with Crippen LogP contribution in [0.25, 0.3) is 6.08 Å². The molecular weight excluding hydrogens is 412 g/mol. The summed E-state index contributed by atoms with van der Waals surface area (Å²) in [6, 6.07) is 9.85. The van der Waals surface area contributed by atoms with E-state index in [0.717, 1.165) is 11.3 Å². The lowest BCUT2D eigenvalue weighted by Crippen LogP contribution is -2.06. The van der Waals surface area contributed by atoms with E-state index in [2.05, 4.69) is 15.4 Å². The molecule has 2 heterocycles. The van der Waals surface area contributed by atoms with E-state index in [1.54, 1.807) is 16.1 Å². The molecular formula is C20H19ClN4O3S. The number of aromatic nitrogens is 3. The first-order valence-corrected chi connectivity index (χ1v) is 10.0. The first-order chi connectivity index (χ1) is 13.9. The molecule has 0 atom stereocenters. The molecule has 1 aromatic carbocycles. The van der Waals surface area contributed by atoms with Crippen LogP contribution in [-0.2, 0) is 27.5 Å². The molecule has 3 aromatic rings. The van der Waals surface area contributed by atoms with E-state index in [1.165, 1.54) is 24.3 Å². The zero-order valence-electron chi connectivity index (χ0n) is 15.9. The lowest BCUT2D eigenvalue weighted by atomic mass is 10.2. The average molecular weight is 431 g/mol. The molecule has 1 amide bonds. The van der Waals surface area contributed by atoms with Crippen molar-refractivity contribution in [3.8, 4) is 0 Å². The van der Waals surface area contributed by atoms with Crippen LogP contribution in [0.5, 0.6) is 0 Å². The lowest BCUT2D eigenvalue weighted by molar-refractivity contribution is -0.139. The molecule has 29 heavy (non-hydrogen) atoms.